The van der Waals surface area contributed by atoms with E-state index in [9.17, 15) is 0 Å². The lowest BCUT2D eigenvalue weighted by molar-refractivity contribution is 0.0427. The Balaban J connectivity index is 1.40. The Hall–Kier alpha value is -2.90. The molecule has 1 aliphatic carbocycles. The summed E-state index contributed by atoms with van der Waals surface area (Å²) in [5.74, 6) is 1.30. The summed E-state index contributed by atoms with van der Waals surface area (Å²) in [5, 5.41) is 1.18. The fourth-order valence-corrected chi connectivity index (χ4v) is 4.89. The average Bonchev–Trinajstić information content (AvgIpc) is 3.35. The molecular weight excluding hydrogens is 388 g/mol. The van der Waals surface area contributed by atoms with Crippen LogP contribution in [0.2, 0.25) is 0 Å². The number of aromatic nitrogens is 4. The largest absolute Gasteiger partial charge is 0.384 e. The Morgan fingerprint density at radius 2 is 1.90 bits per heavy atom. The molecule has 3 aromatic heterocycles. The number of H-pyrrole nitrogens is 2. The molecule has 0 amide bonds. The van der Waals surface area contributed by atoms with Crippen molar-refractivity contribution in [2.24, 2.45) is 0 Å². The summed E-state index contributed by atoms with van der Waals surface area (Å²) in [7, 11) is 4.06. The van der Waals surface area contributed by atoms with Crippen LogP contribution in [0.3, 0.4) is 0 Å². The van der Waals surface area contributed by atoms with Gasteiger partial charge in [0, 0.05) is 41.9 Å². The van der Waals surface area contributed by atoms with E-state index < -0.39 is 0 Å². The van der Waals surface area contributed by atoms with Crippen LogP contribution in [0.25, 0.3) is 33.3 Å². The second kappa shape index (κ2) is 7.98. The molecule has 1 aromatic carbocycles. The molecule has 0 radical (unpaired) electrons. The van der Waals surface area contributed by atoms with E-state index in [1.807, 2.05) is 20.1 Å². The van der Waals surface area contributed by atoms with Crippen LogP contribution in [0, 0.1) is 6.92 Å². The van der Waals surface area contributed by atoms with E-state index in [0.717, 1.165) is 47.5 Å². The molecule has 0 bridgehead atoms. The van der Waals surface area contributed by atoms with E-state index in [1.165, 1.54) is 23.8 Å². The van der Waals surface area contributed by atoms with Gasteiger partial charge in [-0.1, -0.05) is 12.1 Å². The number of nitrogens with two attached hydrogens (primary N) is 1. The topological polar surface area (TPSA) is 95.8 Å². The number of methoxy groups -OCH3 is 1. The number of hydrogen-bond acceptors (Lipinski definition) is 5. The van der Waals surface area contributed by atoms with Crippen LogP contribution < -0.4 is 5.73 Å². The SMILES string of the molecule is COC1CCC(N(C)Cc2ccc3cc(-c4cc(N)nc5nc(C)[nH]c45)[nH]c3c2)CC1. The molecule has 4 N–H and O–H groups in total. The molecule has 1 aliphatic rings. The summed E-state index contributed by atoms with van der Waals surface area (Å²) in [6, 6.07) is 11.4. The summed E-state index contributed by atoms with van der Waals surface area (Å²) >= 11 is 0. The first-order chi connectivity index (χ1) is 15.0. The third-order valence-corrected chi connectivity index (χ3v) is 6.61. The molecule has 7 nitrogen and oxygen atoms in total. The van der Waals surface area contributed by atoms with Crippen molar-refractivity contribution in [1.29, 1.82) is 0 Å². The highest BCUT2D eigenvalue weighted by Crippen LogP contribution is 2.31. The van der Waals surface area contributed by atoms with Crippen LogP contribution in [0.1, 0.15) is 37.1 Å². The van der Waals surface area contributed by atoms with Crippen molar-refractivity contribution >= 4 is 27.9 Å². The Labute approximate surface area is 182 Å². The van der Waals surface area contributed by atoms with Crippen LogP contribution in [0.15, 0.2) is 30.3 Å². The summed E-state index contributed by atoms with van der Waals surface area (Å²) in [5.41, 5.74) is 12.0. The van der Waals surface area contributed by atoms with Crippen molar-refractivity contribution in [1.82, 2.24) is 24.8 Å². The van der Waals surface area contributed by atoms with Gasteiger partial charge < -0.3 is 20.4 Å². The number of imidazole rings is 1. The monoisotopic (exact) mass is 418 g/mol. The van der Waals surface area contributed by atoms with Gasteiger partial charge in [0.15, 0.2) is 5.65 Å². The number of benzene rings is 1. The normalized spacial score (nSPS) is 19.6. The second-order valence-corrected chi connectivity index (χ2v) is 8.80. The molecule has 0 atom stereocenters. The van der Waals surface area contributed by atoms with E-state index in [1.54, 1.807) is 0 Å². The predicted octanol–water partition coefficient (Wildman–Crippen LogP) is 4.39. The van der Waals surface area contributed by atoms with E-state index in [0.29, 0.717) is 23.6 Å². The van der Waals surface area contributed by atoms with E-state index >= 15 is 0 Å². The van der Waals surface area contributed by atoms with Crippen molar-refractivity contribution in [3.05, 3.63) is 41.7 Å². The van der Waals surface area contributed by atoms with Crippen LogP contribution in [0.4, 0.5) is 5.82 Å². The molecule has 0 unspecified atom stereocenters. The third-order valence-electron chi connectivity index (χ3n) is 6.61. The van der Waals surface area contributed by atoms with Gasteiger partial charge in [-0.05, 0) is 63.4 Å². The van der Waals surface area contributed by atoms with Crippen LogP contribution >= 0.6 is 0 Å². The summed E-state index contributed by atoms with van der Waals surface area (Å²) in [6.45, 7) is 2.87. The Morgan fingerprint density at radius 1 is 1.10 bits per heavy atom. The van der Waals surface area contributed by atoms with Crippen LogP contribution in [0.5, 0.6) is 0 Å². The zero-order valence-corrected chi connectivity index (χ0v) is 18.4. The minimum Gasteiger partial charge on any atom is -0.384 e. The van der Waals surface area contributed by atoms with Gasteiger partial charge >= 0.3 is 0 Å². The van der Waals surface area contributed by atoms with E-state index in [-0.39, 0.29) is 0 Å². The zero-order chi connectivity index (χ0) is 21.5. The molecule has 1 saturated carbocycles. The van der Waals surface area contributed by atoms with Crippen molar-refractivity contribution in [2.45, 2.75) is 51.3 Å². The van der Waals surface area contributed by atoms with Crippen LogP contribution in [-0.2, 0) is 11.3 Å². The lowest BCUT2D eigenvalue weighted by Crippen LogP contribution is -2.36. The fraction of sp³-hybridized carbons (Fsp3) is 0.417. The Morgan fingerprint density at radius 3 is 2.68 bits per heavy atom. The predicted molar refractivity (Wildman–Crippen MR) is 125 cm³/mol. The molecule has 5 rings (SSSR count). The van der Waals surface area contributed by atoms with Crippen LogP contribution in [-0.4, -0.2) is 51.1 Å². The molecule has 7 heteroatoms. The maximum absolute atomic E-state index is 6.04. The number of hydrogen-bond donors (Lipinski definition) is 3. The number of nitrogens with zero attached hydrogens (tertiary/aromatic N) is 3. The Kier molecular flexibility index (Phi) is 5.16. The van der Waals surface area contributed by atoms with Gasteiger partial charge in [0.05, 0.1) is 11.6 Å². The van der Waals surface area contributed by atoms with Gasteiger partial charge in [0.1, 0.15) is 11.6 Å². The molecule has 0 aliphatic heterocycles. The third kappa shape index (κ3) is 3.91. The number of nitrogens with one attached hydrogen (secondary N) is 2. The van der Waals surface area contributed by atoms with Gasteiger partial charge in [-0.25, -0.2) is 9.97 Å². The lowest BCUT2D eigenvalue weighted by Gasteiger charge is -2.34. The van der Waals surface area contributed by atoms with Gasteiger partial charge in [0.25, 0.3) is 0 Å². The van der Waals surface area contributed by atoms with Crippen molar-refractivity contribution < 1.29 is 4.74 Å². The smallest absolute Gasteiger partial charge is 0.180 e. The quantitative estimate of drug-likeness (QED) is 0.447. The number of fused-ring (bicyclic) bond motifs is 2. The minimum atomic E-state index is 0.436. The standard InChI is InChI=1S/C24H30N6O/c1-14-26-23-19(12-22(25)29-24(23)27-14)21-11-16-5-4-15(10-20(16)28-21)13-30(2)17-6-8-18(31-3)9-7-17/h4-5,10-12,17-18,28H,6-9,13H2,1-3H3,(H3,25,26,27,29). The highest BCUT2D eigenvalue weighted by Gasteiger charge is 2.24. The number of aromatic amines is 2. The van der Waals surface area contributed by atoms with Gasteiger partial charge in [-0.15, -0.1) is 0 Å². The van der Waals surface area contributed by atoms with E-state index in [2.05, 4.69) is 56.1 Å². The average molecular weight is 419 g/mol. The lowest BCUT2D eigenvalue weighted by atomic mass is 9.92. The highest BCUT2D eigenvalue weighted by molar-refractivity contribution is 5.95. The molecule has 0 spiro atoms. The Bertz CT molecular complexity index is 1220. The van der Waals surface area contributed by atoms with Gasteiger partial charge in [-0.2, -0.15) is 0 Å². The molecule has 0 saturated heterocycles. The van der Waals surface area contributed by atoms with Crippen molar-refractivity contribution in [3.63, 3.8) is 0 Å². The number of ether oxygens (including phenoxy) is 1. The minimum absolute atomic E-state index is 0.436. The first kappa shape index (κ1) is 20.0. The molecule has 31 heavy (non-hydrogen) atoms. The highest BCUT2D eigenvalue weighted by atomic mass is 16.5. The van der Waals surface area contributed by atoms with Crippen molar-refractivity contribution in [3.8, 4) is 11.3 Å². The number of aryl methyl sites for hydroxylation is 1. The van der Waals surface area contributed by atoms with E-state index in [4.69, 9.17) is 10.5 Å². The fourth-order valence-electron chi connectivity index (χ4n) is 4.89. The number of nitrogen functional groups attached to an aromatic ring is 1. The number of pyridine rings is 1. The zero-order valence-electron chi connectivity index (χ0n) is 18.4. The molecule has 3 heterocycles. The second-order valence-electron chi connectivity index (χ2n) is 8.80. The maximum atomic E-state index is 6.04. The molecular formula is C24H30N6O. The first-order valence-corrected chi connectivity index (χ1v) is 11.0. The van der Waals surface area contributed by atoms with Gasteiger partial charge in [0.2, 0.25) is 0 Å². The molecule has 1 fully saturated rings. The molecule has 162 valence electrons. The summed E-state index contributed by atoms with van der Waals surface area (Å²) in [6.07, 6.45) is 5.15. The van der Waals surface area contributed by atoms with Crippen molar-refractivity contribution in [2.75, 3.05) is 19.9 Å². The number of anilines is 1. The first-order valence-electron chi connectivity index (χ1n) is 11.0. The molecule has 4 aromatic rings. The maximum Gasteiger partial charge on any atom is 0.180 e. The summed E-state index contributed by atoms with van der Waals surface area (Å²) in [4.78, 5) is 18.2. The summed E-state index contributed by atoms with van der Waals surface area (Å²) < 4.78 is 5.52. The van der Waals surface area contributed by atoms with Gasteiger partial charge in [-0.3, -0.25) is 4.90 Å². The number of rotatable bonds is 5.